The van der Waals surface area contributed by atoms with Crippen molar-refractivity contribution in [3.63, 3.8) is 0 Å². The van der Waals surface area contributed by atoms with E-state index in [0.717, 1.165) is 24.1 Å². The lowest BCUT2D eigenvalue weighted by molar-refractivity contribution is 0.0600. The van der Waals surface area contributed by atoms with Crippen LogP contribution in [0.5, 0.6) is 0 Å². The highest BCUT2D eigenvalue weighted by Crippen LogP contribution is 2.44. The van der Waals surface area contributed by atoms with Crippen LogP contribution in [0.1, 0.15) is 56.5 Å². The molecule has 0 saturated carbocycles. The maximum atomic E-state index is 14.1. The number of rotatable bonds is 4. The molecular weight excluding hydrogens is 514 g/mol. The topological polar surface area (TPSA) is 63.6 Å². The summed E-state index contributed by atoms with van der Waals surface area (Å²) in [6.45, 7) is 0.514. The minimum Gasteiger partial charge on any atom is -0.465 e. The van der Waals surface area contributed by atoms with E-state index in [9.17, 15) is 9.59 Å². The molecule has 6 rings (SSSR count). The third-order valence-corrected chi connectivity index (χ3v) is 9.48. The summed E-state index contributed by atoms with van der Waals surface area (Å²) >= 11 is 3.58. The Bertz CT molecular complexity index is 1510. The number of nitrogens with zero attached hydrogens (tertiary/aromatic N) is 2. The molecule has 2 aliphatic rings. The van der Waals surface area contributed by atoms with Gasteiger partial charge in [-0.1, -0.05) is 18.2 Å². The molecule has 8 heteroatoms. The van der Waals surface area contributed by atoms with Crippen LogP contribution < -0.4 is 5.32 Å². The van der Waals surface area contributed by atoms with Gasteiger partial charge < -0.3 is 19.5 Å². The van der Waals surface area contributed by atoms with E-state index in [0.29, 0.717) is 17.8 Å². The van der Waals surface area contributed by atoms with Crippen molar-refractivity contribution in [2.45, 2.75) is 43.2 Å². The molecule has 6 nitrogen and oxygen atoms in total. The van der Waals surface area contributed by atoms with Crippen LogP contribution in [-0.4, -0.2) is 34.8 Å². The number of anilines is 1. The smallest absolute Gasteiger partial charge is 0.337 e. The van der Waals surface area contributed by atoms with Gasteiger partial charge in [0.2, 0.25) is 0 Å². The Kier molecular flexibility index (Phi) is 6.76. The normalized spacial score (nSPS) is 16.2. The number of aryl methyl sites for hydroxylation is 1. The monoisotopic (exact) mass is 543 g/mol. The average Bonchev–Trinajstić information content (AvgIpc) is 3.54. The lowest BCUT2D eigenvalue weighted by Crippen LogP contribution is -2.38. The van der Waals surface area contributed by atoms with Gasteiger partial charge in [0.25, 0.3) is 0 Å². The number of carbonyl (C=O) groups is 2. The zero-order valence-corrected chi connectivity index (χ0v) is 23.0. The Morgan fingerprint density at radius 3 is 2.63 bits per heavy atom. The second-order valence-corrected chi connectivity index (χ2v) is 11.6. The van der Waals surface area contributed by atoms with Gasteiger partial charge >= 0.3 is 12.0 Å². The summed E-state index contributed by atoms with van der Waals surface area (Å²) in [4.78, 5) is 30.8. The van der Waals surface area contributed by atoms with E-state index in [4.69, 9.17) is 4.74 Å². The van der Waals surface area contributed by atoms with E-state index in [-0.39, 0.29) is 12.1 Å². The van der Waals surface area contributed by atoms with Gasteiger partial charge in [0.15, 0.2) is 0 Å². The molecule has 1 aliphatic heterocycles. The van der Waals surface area contributed by atoms with E-state index < -0.39 is 5.97 Å². The molecule has 2 amide bonds. The van der Waals surface area contributed by atoms with Crippen LogP contribution >= 0.6 is 23.1 Å². The van der Waals surface area contributed by atoms with Crippen LogP contribution in [0.2, 0.25) is 0 Å². The fraction of sp³-hybridized carbons (Fsp3) is 0.267. The molecule has 1 aliphatic carbocycles. The first-order valence-electron chi connectivity index (χ1n) is 12.8. The number of ether oxygens (including phenoxy) is 1. The molecule has 0 fully saturated rings. The Hall–Kier alpha value is -3.49. The number of thioether (sulfide) groups is 1. The molecule has 0 radical (unpaired) electrons. The van der Waals surface area contributed by atoms with Gasteiger partial charge in [-0.15, -0.1) is 23.1 Å². The van der Waals surface area contributed by atoms with E-state index >= 15 is 0 Å². The van der Waals surface area contributed by atoms with Crippen LogP contribution in [0.4, 0.5) is 10.5 Å². The predicted molar refractivity (Wildman–Crippen MR) is 153 cm³/mol. The summed E-state index contributed by atoms with van der Waals surface area (Å²) in [5.41, 5.74) is 5.75. The van der Waals surface area contributed by atoms with Crippen LogP contribution in [0.25, 0.3) is 5.00 Å². The van der Waals surface area contributed by atoms with Gasteiger partial charge in [0.1, 0.15) is 5.00 Å². The molecule has 0 spiro atoms. The van der Waals surface area contributed by atoms with Crippen molar-refractivity contribution in [2.24, 2.45) is 0 Å². The van der Waals surface area contributed by atoms with Crippen LogP contribution in [0.15, 0.2) is 71.8 Å². The van der Waals surface area contributed by atoms with Crippen molar-refractivity contribution in [1.29, 1.82) is 0 Å². The van der Waals surface area contributed by atoms with E-state index in [1.165, 1.54) is 45.9 Å². The molecule has 0 bridgehead atoms. The van der Waals surface area contributed by atoms with Gasteiger partial charge in [-0.2, -0.15) is 0 Å². The van der Waals surface area contributed by atoms with Crippen molar-refractivity contribution in [3.8, 4) is 5.00 Å². The standard InChI is InChI=1S/C30H29N3O3S2/c1-36-29(34)20-7-5-8-21(17-20)31-30(35)33-18-24-23-9-3-4-11-26(23)38-28(24)32-16-6-10-25(32)27(33)19-12-14-22(37-2)15-13-19/h5-8,10,12-17,27H,3-4,9,11,18H2,1-2H3,(H,31,35). The zero-order valence-electron chi connectivity index (χ0n) is 21.4. The van der Waals surface area contributed by atoms with Gasteiger partial charge in [-0.05, 0) is 85.5 Å². The number of aromatic nitrogens is 1. The summed E-state index contributed by atoms with van der Waals surface area (Å²) in [5.74, 6) is -0.435. The third-order valence-electron chi connectivity index (χ3n) is 7.41. The Balaban J connectivity index is 1.45. The lowest BCUT2D eigenvalue weighted by atomic mass is 9.95. The number of urea groups is 1. The molecule has 194 valence electrons. The quantitative estimate of drug-likeness (QED) is 0.221. The molecule has 2 aromatic carbocycles. The molecule has 3 heterocycles. The molecule has 1 N–H and O–H groups in total. The van der Waals surface area contributed by atoms with Crippen LogP contribution in [-0.2, 0) is 24.1 Å². The van der Waals surface area contributed by atoms with Crippen molar-refractivity contribution < 1.29 is 14.3 Å². The fourth-order valence-corrected chi connectivity index (χ4v) is 7.37. The summed E-state index contributed by atoms with van der Waals surface area (Å²) in [6.07, 6.45) is 8.75. The number of thiophene rings is 1. The number of methoxy groups -OCH3 is 1. The second-order valence-electron chi connectivity index (χ2n) is 9.60. The summed E-state index contributed by atoms with van der Waals surface area (Å²) < 4.78 is 7.16. The number of fused-ring (bicyclic) bond motifs is 5. The fourth-order valence-electron chi connectivity index (χ4n) is 5.56. The summed E-state index contributed by atoms with van der Waals surface area (Å²) in [6, 6.07) is 19.1. The third kappa shape index (κ3) is 4.41. The molecule has 1 unspecified atom stereocenters. The average molecular weight is 544 g/mol. The molecule has 4 aromatic rings. The number of hydrogen-bond acceptors (Lipinski definition) is 5. The number of nitrogens with one attached hydrogen (secondary N) is 1. The minimum atomic E-state index is -0.435. The number of benzene rings is 2. The first kappa shape index (κ1) is 24.8. The first-order valence-corrected chi connectivity index (χ1v) is 14.8. The van der Waals surface area contributed by atoms with Crippen molar-refractivity contribution in [1.82, 2.24) is 9.47 Å². The largest absolute Gasteiger partial charge is 0.465 e. The number of amides is 2. The minimum absolute atomic E-state index is 0.206. The number of carbonyl (C=O) groups excluding carboxylic acids is 2. The molecule has 2 aromatic heterocycles. The SMILES string of the molecule is COC(=O)c1cccc(NC(=O)N2Cc3c(sc4c3CCCC4)-n3cccc3C2c2ccc(SC)cc2)c1. The first-order chi connectivity index (χ1) is 18.6. The highest BCUT2D eigenvalue weighted by atomic mass is 32.2. The van der Waals surface area contributed by atoms with E-state index in [2.05, 4.69) is 58.7 Å². The van der Waals surface area contributed by atoms with Crippen LogP contribution in [0.3, 0.4) is 0 Å². The zero-order chi connectivity index (χ0) is 26.2. The highest BCUT2D eigenvalue weighted by molar-refractivity contribution is 7.98. The number of hydrogen-bond donors (Lipinski definition) is 1. The molecular formula is C30H29N3O3S2. The maximum absolute atomic E-state index is 14.1. The Morgan fingerprint density at radius 2 is 1.84 bits per heavy atom. The van der Waals surface area contributed by atoms with Gasteiger partial charge in [-0.25, -0.2) is 9.59 Å². The van der Waals surface area contributed by atoms with Crippen molar-refractivity contribution in [3.05, 3.63) is 99.7 Å². The van der Waals surface area contributed by atoms with Crippen molar-refractivity contribution in [2.75, 3.05) is 18.7 Å². The maximum Gasteiger partial charge on any atom is 0.337 e. The van der Waals surface area contributed by atoms with Crippen LogP contribution in [0, 0.1) is 0 Å². The second kappa shape index (κ2) is 10.3. The Morgan fingerprint density at radius 1 is 1.03 bits per heavy atom. The van der Waals surface area contributed by atoms with E-state index in [1.54, 1.807) is 36.0 Å². The van der Waals surface area contributed by atoms with Gasteiger partial charge in [0.05, 0.1) is 31.0 Å². The summed E-state index contributed by atoms with van der Waals surface area (Å²) in [5, 5.41) is 4.30. The molecule has 0 saturated heterocycles. The van der Waals surface area contributed by atoms with Gasteiger partial charge in [0, 0.05) is 27.2 Å². The highest BCUT2D eigenvalue weighted by Gasteiger charge is 2.36. The van der Waals surface area contributed by atoms with Gasteiger partial charge in [-0.3, -0.25) is 0 Å². The lowest BCUT2D eigenvalue weighted by Gasteiger charge is -2.31. The van der Waals surface area contributed by atoms with E-state index in [1.807, 2.05) is 16.2 Å². The van der Waals surface area contributed by atoms with Crippen molar-refractivity contribution >= 4 is 40.8 Å². The number of esters is 1. The molecule has 38 heavy (non-hydrogen) atoms. The predicted octanol–water partition coefficient (Wildman–Crippen LogP) is 7.06. The summed E-state index contributed by atoms with van der Waals surface area (Å²) in [7, 11) is 1.35. The molecule has 1 atom stereocenters. The Labute approximate surface area is 230 Å².